The van der Waals surface area contributed by atoms with E-state index < -0.39 is 28.0 Å². The molecule has 3 rings (SSSR count). The molecule has 0 aliphatic rings. The Labute approximate surface area is 177 Å². The van der Waals surface area contributed by atoms with Crippen molar-refractivity contribution in [3.63, 3.8) is 0 Å². The van der Waals surface area contributed by atoms with Crippen LogP contribution in [0.4, 0.5) is 11.5 Å². The molecule has 0 amide bonds. The Morgan fingerprint density at radius 1 is 0.767 bits per heavy atom. The fraction of sp³-hybridized carbons (Fsp3) is 0.273. The third-order valence-corrected chi connectivity index (χ3v) is 6.30. The van der Waals surface area contributed by atoms with Crippen molar-refractivity contribution in [2.75, 3.05) is 0 Å². The summed E-state index contributed by atoms with van der Waals surface area (Å²) in [5, 5.41) is 3.01. The zero-order valence-corrected chi connectivity index (χ0v) is 18.2. The van der Waals surface area contributed by atoms with Gasteiger partial charge in [0.05, 0.1) is 0 Å². The molecule has 0 N–H and O–H groups in total. The SMILES string of the molecule is CC(C)n1c(N=S(c2ccccc2)c2ccccc2)c(N=O)c(=O)n(C(C)C)c1=O. The highest BCUT2D eigenvalue weighted by Crippen LogP contribution is 2.30. The van der Waals surface area contributed by atoms with Crippen LogP contribution >= 0.6 is 0 Å². The van der Waals surface area contributed by atoms with Gasteiger partial charge < -0.3 is 0 Å². The Kier molecular flexibility index (Phi) is 6.56. The molecule has 30 heavy (non-hydrogen) atoms. The van der Waals surface area contributed by atoms with E-state index in [0.29, 0.717) is 0 Å². The summed E-state index contributed by atoms with van der Waals surface area (Å²) in [6, 6.07) is 18.4. The van der Waals surface area contributed by atoms with Crippen LogP contribution in [0.5, 0.6) is 0 Å². The van der Waals surface area contributed by atoms with Crippen LogP contribution in [0.2, 0.25) is 0 Å². The maximum atomic E-state index is 13.1. The summed E-state index contributed by atoms with van der Waals surface area (Å²) < 4.78 is 7.23. The topological polar surface area (TPSA) is 85.8 Å². The number of aromatic nitrogens is 2. The lowest BCUT2D eigenvalue weighted by molar-refractivity contribution is 0.478. The Morgan fingerprint density at radius 2 is 1.23 bits per heavy atom. The largest absolute Gasteiger partial charge is 0.333 e. The molecule has 0 bridgehead atoms. The molecular weight excluding hydrogens is 400 g/mol. The van der Waals surface area contributed by atoms with Gasteiger partial charge in [0, 0.05) is 21.9 Å². The Hall–Kier alpha value is -3.13. The van der Waals surface area contributed by atoms with E-state index in [1.165, 1.54) is 4.57 Å². The third kappa shape index (κ3) is 4.09. The molecule has 1 heterocycles. The van der Waals surface area contributed by atoms with Crippen molar-refractivity contribution in [3.05, 3.63) is 86.4 Å². The van der Waals surface area contributed by atoms with Gasteiger partial charge >= 0.3 is 5.69 Å². The maximum absolute atomic E-state index is 13.1. The van der Waals surface area contributed by atoms with Crippen LogP contribution in [0.15, 0.2) is 89.6 Å². The van der Waals surface area contributed by atoms with Crippen molar-refractivity contribution < 1.29 is 0 Å². The lowest BCUT2D eigenvalue weighted by Gasteiger charge is -2.19. The number of nitrogens with zero attached hydrogens (tertiary/aromatic N) is 4. The first-order valence-electron chi connectivity index (χ1n) is 9.67. The van der Waals surface area contributed by atoms with Crippen LogP contribution in [0.25, 0.3) is 0 Å². The zero-order chi connectivity index (χ0) is 21.8. The zero-order valence-electron chi connectivity index (χ0n) is 17.4. The number of nitroso groups, excluding NO2 is 1. The number of hydrogen-bond acceptors (Lipinski definition) is 5. The molecular formula is C22H24N4O3S. The van der Waals surface area contributed by atoms with Crippen LogP contribution in [0, 0.1) is 4.91 Å². The maximum Gasteiger partial charge on any atom is 0.333 e. The highest BCUT2D eigenvalue weighted by Gasteiger charge is 2.23. The predicted molar refractivity (Wildman–Crippen MR) is 120 cm³/mol. The second kappa shape index (κ2) is 9.13. The van der Waals surface area contributed by atoms with Gasteiger partial charge in [-0.15, -0.1) is 4.91 Å². The van der Waals surface area contributed by atoms with E-state index in [9.17, 15) is 14.5 Å². The first-order valence-corrected chi connectivity index (χ1v) is 10.9. The van der Waals surface area contributed by atoms with Crippen LogP contribution < -0.4 is 11.2 Å². The molecule has 0 atom stereocenters. The Morgan fingerprint density at radius 3 is 1.63 bits per heavy atom. The van der Waals surface area contributed by atoms with Crippen molar-refractivity contribution in [2.45, 2.75) is 49.6 Å². The fourth-order valence-electron chi connectivity index (χ4n) is 3.13. The molecule has 1 aromatic heterocycles. The summed E-state index contributed by atoms with van der Waals surface area (Å²) in [5.74, 6) is 0.0166. The van der Waals surface area contributed by atoms with E-state index in [-0.39, 0.29) is 17.5 Å². The first kappa shape index (κ1) is 21.6. The second-order valence-corrected chi connectivity index (χ2v) is 8.98. The van der Waals surface area contributed by atoms with Gasteiger partial charge in [0.2, 0.25) is 5.69 Å². The Bertz CT molecular complexity index is 1160. The van der Waals surface area contributed by atoms with Crippen molar-refractivity contribution in [1.29, 1.82) is 0 Å². The van der Waals surface area contributed by atoms with Gasteiger partial charge in [-0.25, -0.2) is 4.79 Å². The molecule has 0 aliphatic heterocycles. The lowest BCUT2D eigenvalue weighted by atomic mass is 10.3. The predicted octanol–water partition coefficient (Wildman–Crippen LogP) is 5.12. The molecule has 0 spiro atoms. The van der Waals surface area contributed by atoms with E-state index >= 15 is 0 Å². The highest BCUT2D eigenvalue weighted by atomic mass is 32.2. The average Bonchev–Trinajstić information content (AvgIpc) is 2.72. The molecule has 7 nitrogen and oxygen atoms in total. The van der Waals surface area contributed by atoms with E-state index in [1.54, 1.807) is 13.8 Å². The molecule has 0 unspecified atom stereocenters. The molecule has 2 aromatic carbocycles. The van der Waals surface area contributed by atoms with Crippen LogP contribution in [-0.2, 0) is 10.7 Å². The van der Waals surface area contributed by atoms with Crippen molar-refractivity contribution in [2.24, 2.45) is 9.54 Å². The summed E-state index contributed by atoms with van der Waals surface area (Å²) in [7, 11) is -0.857. The molecule has 0 saturated carbocycles. The minimum atomic E-state index is -0.857. The van der Waals surface area contributed by atoms with Crippen LogP contribution in [0.1, 0.15) is 39.8 Å². The summed E-state index contributed by atoms with van der Waals surface area (Å²) in [6.45, 7) is 7.06. The monoisotopic (exact) mass is 424 g/mol. The number of rotatable bonds is 6. The fourth-order valence-corrected chi connectivity index (χ4v) is 4.79. The molecule has 0 aliphatic carbocycles. The van der Waals surface area contributed by atoms with E-state index in [1.807, 2.05) is 74.5 Å². The minimum absolute atomic E-state index is 0.0166. The second-order valence-electron chi connectivity index (χ2n) is 7.28. The van der Waals surface area contributed by atoms with Crippen molar-refractivity contribution >= 4 is 22.2 Å². The van der Waals surface area contributed by atoms with Gasteiger partial charge in [-0.2, -0.15) is 4.36 Å². The average molecular weight is 425 g/mol. The Balaban J connectivity index is 2.45. The molecule has 0 radical (unpaired) electrons. The summed E-state index contributed by atoms with van der Waals surface area (Å²) in [6.07, 6.45) is 0. The van der Waals surface area contributed by atoms with Crippen molar-refractivity contribution in [3.8, 4) is 0 Å². The first-order chi connectivity index (χ1) is 14.4. The minimum Gasteiger partial charge on any atom is -0.273 e. The summed E-state index contributed by atoms with van der Waals surface area (Å²) in [5.41, 5.74) is -1.56. The van der Waals surface area contributed by atoms with Gasteiger partial charge in [-0.1, -0.05) is 36.4 Å². The third-order valence-electron chi connectivity index (χ3n) is 4.51. The normalized spacial score (nSPS) is 11.3. The molecule has 156 valence electrons. The number of hydrogen-bond donors (Lipinski definition) is 0. The van der Waals surface area contributed by atoms with E-state index in [0.717, 1.165) is 14.4 Å². The van der Waals surface area contributed by atoms with E-state index in [4.69, 9.17) is 4.36 Å². The quantitative estimate of drug-likeness (QED) is 0.515. The van der Waals surface area contributed by atoms with Gasteiger partial charge in [0.15, 0.2) is 5.82 Å². The highest BCUT2D eigenvalue weighted by molar-refractivity contribution is 7.87. The van der Waals surface area contributed by atoms with Crippen LogP contribution in [-0.4, -0.2) is 9.13 Å². The van der Waals surface area contributed by atoms with Gasteiger partial charge in [-0.3, -0.25) is 13.9 Å². The lowest BCUT2D eigenvalue weighted by Crippen LogP contribution is -2.41. The van der Waals surface area contributed by atoms with Gasteiger partial charge in [-0.05, 0) is 67.8 Å². The molecule has 0 saturated heterocycles. The molecule has 8 heteroatoms. The van der Waals surface area contributed by atoms with E-state index in [2.05, 4.69) is 5.18 Å². The number of benzene rings is 2. The smallest absolute Gasteiger partial charge is 0.273 e. The molecule has 3 aromatic rings. The molecule has 0 fully saturated rings. The van der Waals surface area contributed by atoms with Crippen molar-refractivity contribution in [1.82, 2.24) is 9.13 Å². The summed E-state index contributed by atoms with van der Waals surface area (Å²) >= 11 is 0. The van der Waals surface area contributed by atoms with Crippen LogP contribution in [0.3, 0.4) is 0 Å². The summed E-state index contributed by atoms with van der Waals surface area (Å²) in [4.78, 5) is 39.6. The van der Waals surface area contributed by atoms with Gasteiger partial charge in [0.25, 0.3) is 5.56 Å². The van der Waals surface area contributed by atoms with Gasteiger partial charge in [0.1, 0.15) is 0 Å². The standard InChI is InChI=1S/C22H24N4O3S/c1-15(2)25-20(19(23-29)21(27)26(16(3)4)22(25)28)24-30(17-11-7-5-8-12-17)18-13-9-6-10-14-18/h5-16H,1-4H3.